The molecule has 0 bridgehead atoms. The Labute approximate surface area is 600 Å². The van der Waals surface area contributed by atoms with Crippen LogP contribution in [0.5, 0.6) is 0 Å². The Morgan fingerprint density at radius 3 is 0.694 bits per heavy atom. The predicted molar refractivity (Wildman–Crippen MR) is 400 cm³/mol. The molecule has 98 heavy (non-hydrogen) atoms. The molecule has 0 aliphatic carbocycles. The molecule has 0 aromatic heterocycles. The van der Waals surface area contributed by atoms with Crippen molar-refractivity contribution in [3.05, 3.63) is 0 Å². The summed E-state index contributed by atoms with van der Waals surface area (Å²) in [6.07, 6.45) is 56.7. The number of hydrogen-bond donors (Lipinski definition) is 3. The number of hydrogen-bond acceptors (Lipinski definition) is 15. The second-order valence-electron chi connectivity index (χ2n) is 29.9. The Morgan fingerprint density at radius 2 is 0.469 bits per heavy atom. The summed E-state index contributed by atoms with van der Waals surface area (Å²) >= 11 is 0. The molecule has 0 aromatic rings. The number of phosphoric acid groups is 2. The molecule has 0 fully saturated rings. The van der Waals surface area contributed by atoms with Crippen LogP contribution < -0.4 is 0 Å². The van der Waals surface area contributed by atoms with Crippen molar-refractivity contribution in [3.8, 4) is 0 Å². The van der Waals surface area contributed by atoms with E-state index in [-0.39, 0.29) is 25.7 Å². The van der Waals surface area contributed by atoms with Crippen molar-refractivity contribution in [2.24, 2.45) is 17.8 Å². The summed E-state index contributed by atoms with van der Waals surface area (Å²) in [4.78, 5) is 73.0. The van der Waals surface area contributed by atoms with E-state index in [4.69, 9.17) is 37.0 Å². The Balaban J connectivity index is 5.27. The van der Waals surface area contributed by atoms with E-state index in [1.54, 1.807) is 0 Å². The summed E-state index contributed by atoms with van der Waals surface area (Å²) in [7, 11) is -9.92. The molecule has 0 spiro atoms. The molecule has 5 atom stereocenters. The van der Waals surface area contributed by atoms with E-state index >= 15 is 0 Å². The molecule has 0 saturated heterocycles. The van der Waals surface area contributed by atoms with Gasteiger partial charge in [-0.2, -0.15) is 0 Å². The summed E-state index contributed by atoms with van der Waals surface area (Å²) in [6.45, 7) is 11.9. The fourth-order valence-electron chi connectivity index (χ4n) is 12.1. The van der Waals surface area contributed by atoms with Gasteiger partial charge in [-0.15, -0.1) is 0 Å². The molecule has 0 radical (unpaired) electrons. The number of carbonyl (C=O) groups excluding carboxylic acids is 4. The van der Waals surface area contributed by atoms with Crippen molar-refractivity contribution in [1.82, 2.24) is 0 Å². The van der Waals surface area contributed by atoms with Crippen molar-refractivity contribution >= 4 is 39.5 Å². The average Bonchev–Trinajstić information content (AvgIpc) is 1.26. The Morgan fingerprint density at radius 1 is 0.276 bits per heavy atom. The normalized spacial score (nSPS) is 14.0. The van der Waals surface area contributed by atoms with E-state index in [9.17, 15) is 43.2 Å². The second-order valence-corrected chi connectivity index (χ2v) is 32.8. The van der Waals surface area contributed by atoms with E-state index in [1.807, 2.05) is 0 Å². The second kappa shape index (κ2) is 69.4. The number of esters is 4. The van der Waals surface area contributed by atoms with Crippen LogP contribution in [-0.4, -0.2) is 96.7 Å². The van der Waals surface area contributed by atoms with Crippen molar-refractivity contribution in [2.75, 3.05) is 39.6 Å². The van der Waals surface area contributed by atoms with Gasteiger partial charge in [0.25, 0.3) is 0 Å². The van der Waals surface area contributed by atoms with Crippen LogP contribution in [0, 0.1) is 17.8 Å². The topological polar surface area (TPSA) is 237 Å². The molecule has 2 unspecified atom stereocenters. The number of ether oxygens (including phenoxy) is 4. The zero-order valence-electron chi connectivity index (χ0n) is 64.3. The zero-order chi connectivity index (χ0) is 72.3. The van der Waals surface area contributed by atoms with Crippen LogP contribution in [0.4, 0.5) is 0 Å². The first kappa shape index (κ1) is 96.1. The van der Waals surface area contributed by atoms with Gasteiger partial charge in [-0.3, -0.25) is 37.3 Å². The highest BCUT2D eigenvalue weighted by atomic mass is 31.2. The number of aliphatic hydroxyl groups is 1. The minimum absolute atomic E-state index is 0.107. The first-order valence-electron chi connectivity index (χ1n) is 40.8. The molecule has 0 aromatic carbocycles. The zero-order valence-corrected chi connectivity index (χ0v) is 66.0. The van der Waals surface area contributed by atoms with Crippen LogP contribution in [0.15, 0.2) is 0 Å². The summed E-state index contributed by atoms with van der Waals surface area (Å²) in [5.74, 6) is 0.209. The first-order chi connectivity index (χ1) is 47.2. The van der Waals surface area contributed by atoms with Crippen LogP contribution in [0.1, 0.15) is 408 Å². The summed E-state index contributed by atoms with van der Waals surface area (Å²) in [6, 6.07) is 0. The molecular formula is C79H154O17P2. The molecule has 3 N–H and O–H groups in total. The van der Waals surface area contributed by atoms with Gasteiger partial charge in [-0.1, -0.05) is 357 Å². The van der Waals surface area contributed by atoms with Gasteiger partial charge in [0.2, 0.25) is 0 Å². The van der Waals surface area contributed by atoms with Crippen molar-refractivity contribution in [2.45, 2.75) is 426 Å². The van der Waals surface area contributed by atoms with Crippen LogP contribution in [0.3, 0.4) is 0 Å². The molecule has 17 nitrogen and oxygen atoms in total. The SMILES string of the molecule is CCCCCCCCCCCCCCCCC(=O)O[C@H](COC(=O)CCCCCCCCCCCC(C)C)COP(=O)(O)OC[C@H](O)COP(=O)(O)OC[C@@H](COC(=O)CCCCCCCCCCCCCCC(C)C)OC(=O)CCCCCCCCCCCCCCCCC(C)C. The lowest BCUT2D eigenvalue weighted by Crippen LogP contribution is -2.30. The third-order valence-corrected chi connectivity index (χ3v) is 20.3. The Bertz CT molecular complexity index is 1900. The standard InChI is InChI=1S/C79H154O17P2/c1-8-9-10-11-12-13-14-15-19-26-33-41-48-55-62-78(83)96-75(67-90-77(82)61-54-47-40-35-28-31-38-45-52-59-72(6)7)69-94-98(87,88)92-65-73(80)64-91-97(85,86)93-68-74(66-89-76(81)60-53-46-39-32-25-22-21-24-30-37-44-51-58-71(4)5)95-79(84)63-56-49-42-34-27-20-17-16-18-23-29-36-43-50-57-70(2)3/h70-75,80H,8-69H2,1-7H3,(H,85,86)(H,87,88)/t73-,74-,75-/m1/s1. The molecule has 0 aliphatic rings. The minimum atomic E-state index is -4.96. The maximum atomic E-state index is 13.1. The van der Waals surface area contributed by atoms with Gasteiger partial charge in [-0.25, -0.2) is 9.13 Å². The average molecular weight is 1440 g/mol. The van der Waals surface area contributed by atoms with Crippen LogP contribution in [0.2, 0.25) is 0 Å². The van der Waals surface area contributed by atoms with Gasteiger partial charge in [0.1, 0.15) is 19.3 Å². The van der Waals surface area contributed by atoms with Gasteiger partial charge >= 0.3 is 39.5 Å². The molecule has 19 heteroatoms. The van der Waals surface area contributed by atoms with Gasteiger partial charge in [-0.05, 0) is 43.4 Å². The van der Waals surface area contributed by atoms with E-state index in [1.165, 1.54) is 218 Å². The van der Waals surface area contributed by atoms with Crippen molar-refractivity contribution in [1.29, 1.82) is 0 Å². The highest BCUT2D eigenvalue weighted by molar-refractivity contribution is 7.47. The van der Waals surface area contributed by atoms with E-state index in [0.29, 0.717) is 25.7 Å². The Kier molecular flexibility index (Phi) is 68.1. The molecule has 0 saturated carbocycles. The van der Waals surface area contributed by atoms with E-state index < -0.39 is 97.5 Å². The van der Waals surface area contributed by atoms with Gasteiger partial charge in [0, 0.05) is 25.7 Å². The van der Waals surface area contributed by atoms with Gasteiger partial charge in [0.15, 0.2) is 12.2 Å². The molecule has 0 rings (SSSR count). The fourth-order valence-corrected chi connectivity index (χ4v) is 13.7. The number of carbonyl (C=O) groups is 4. The lowest BCUT2D eigenvalue weighted by atomic mass is 10.0. The van der Waals surface area contributed by atoms with Crippen LogP contribution >= 0.6 is 15.6 Å². The van der Waals surface area contributed by atoms with Crippen LogP contribution in [0.25, 0.3) is 0 Å². The number of rotatable bonds is 77. The fraction of sp³-hybridized carbons (Fsp3) is 0.949. The lowest BCUT2D eigenvalue weighted by Gasteiger charge is -2.21. The summed E-state index contributed by atoms with van der Waals surface area (Å²) in [5, 5.41) is 10.6. The number of phosphoric ester groups is 2. The smallest absolute Gasteiger partial charge is 0.462 e. The Hall–Kier alpha value is -1.94. The molecule has 0 aliphatic heterocycles. The highest BCUT2D eigenvalue weighted by Crippen LogP contribution is 2.45. The lowest BCUT2D eigenvalue weighted by molar-refractivity contribution is -0.161. The van der Waals surface area contributed by atoms with Crippen LogP contribution in [-0.2, 0) is 65.4 Å². The van der Waals surface area contributed by atoms with Gasteiger partial charge < -0.3 is 33.8 Å². The largest absolute Gasteiger partial charge is 0.472 e. The van der Waals surface area contributed by atoms with Gasteiger partial charge in [0.05, 0.1) is 26.4 Å². The summed E-state index contributed by atoms with van der Waals surface area (Å²) in [5.41, 5.74) is 0. The molecule has 582 valence electrons. The highest BCUT2D eigenvalue weighted by Gasteiger charge is 2.30. The third kappa shape index (κ3) is 72.4. The van der Waals surface area contributed by atoms with Crippen molar-refractivity contribution < 1.29 is 80.2 Å². The van der Waals surface area contributed by atoms with Crippen molar-refractivity contribution in [3.63, 3.8) is 0 Å². The molecule has 0 amide bonds. The molecule has 0 heterocycles. The number of unbranched alkanes of at least 4 members (excludes halogenated alkanes) is 45. The predicted octanol–water partition coefficient (Wildman–Crippen LogP) is 23.4. The quantitative estimate of drug-likeness (QED) is 0.0222. The number of aliphatic hydroxyl groups excluding tert-OH is 1. The first-order valence-corrected chi connectivity index (χ1v) is 43.8. The maximum Gasteiger partial charge on any atom is 0.472 e. The molecular weight excluding hydrogens is 1280 g/mol. The summed E-state index contributed by atoms with van der Waals surface area (Å²) < 4.78 is 68.7. The third-order valence-electron chi connectivity index (χ3n) is 18.4. The van der Waals surface area contributed by atoms with E-state index in [0.717, 1.165) is 108 Å². The minimum Gasteiger partial charge on any atom is -0.462 e. The van der Waals surface area contributed by atoms with E-state index in [2.05, 4.69) is 48.5 Å². The monoisotopic (exact) mass is 1440 g/mol. The maximum absolute atomic E-state index is 13.1.